The molecule has 5 heteroatoms. The summed E-state index contributed by atoms with van der Waals surface area (Å²) in [6, 6.07) is 14.0. The van der Waals surface area contributed by atoms with E-state index >= 15 is 0 Å². The van der Waals surface area contributed by atoms with Gasteiger partial charge in [0.1, 0.15) is 5.82 Å². The summed E-state index contributed by atoms with van der Waals surface area (Å²) in [6.07, 6.45) is 2.66. The zero-order valence-corrected chi connectivity index (χ0v) is 14.2. The van der Waals surface area contributed by atoms with E-state index in [1.807, 2.05) is 24.3 Å². The molecule has 25 heavy (non-hydrogen) atoms. The van der Waals surface area contributed by atoms with Crippen molar-refractivity contribution in [1.82, 2.24) is 10.2 Å². The van der Waals surface area contributed by atoms with Crippen molar-refractivity contribution in [2.45, 2.75) is 25.3 Å². The Labute approximate surface area is 147 Å². The molecule has 1 atom stereocenters. The second-order valence-corrected chi connectivity index (χ2v) is 6.53. The number of nitrogens with one attached hydrogen (secondary N) is 1. The lowest BCUT2D eigenvalue weighted by Gasteiger charge is -2.28. The number of hydrogen-bond donors (Lipinski definition) is 2. The molecule has 1 fully saturated rings. The van der Waals surface area contributed by atoms with Gasteiger partial charge < -0.3 is 11.1 Å². The van der Waals surface area contributed by atoms with Crippen LogP contribution >= 0.6 is 0 Å². The van der Waals surface area contributed by atoms with E-state index in [0.717, 1.165) is 37.1 Å². The molecular formula is C20H24FN3O. The summed E-state index contributed by atoms with van der Waals surface area (Å²) in [5.41, 5.74) is 8.33. The molecule has 2 aromatic rings. The number of carbonyl (C=O) groups is 1. The fraction of sp³-hybridized carbons (Fsp3) is 0.350. The van der Waals surface area contributed by atoms with Crippen molar-refractivity contribution in [2.24, 2.45) is 0 Å². The maximum Gasteiger partial charge on any atom is 0.224 e. The number of likely N-dealkylation sites (tertiary alicyclic amines) is 1. The number of amides is 1. The molecule has 1 unspecified atom stereocenters. The summed E-state index contributed by atoms with van der Waals surface area (Å²) in [5.74, 6) is -0.257. The molecule has 0 bridgehead atoms. The van der Waals surface area contributed by atoms with Crippen molar-refractivity contribution in [3.8, 4) is 0 Å². The van der Waals surface area contributed by atoms with E-state index in [-0.39, 0.29) is 17.8 Å². The Kier molecular flexibility index (Phi) is 5.66. The van der Waals surface area contributed by atoms with Crippen molar-refractivity contribution in [2.75, 3.05) is 25.4 Å². The van der Waals surface area contributed by atoms with Gasteiger partial charge in [0.05, 0.1) is 12.5 Å². The van der Waals surface area contributed by atoms with E-state index in [1.165, 1.54) is 12.1 Å². The first-order valence-corrected chi connectivity index (χ1v) is 8.72. The lowest BCUT2D eigenvalue weighted by molar-refractivity contribution is -0.120. The van der Waals surface area contributed by atoms with Crippen LogP contribution in [0.25, 0.3) is 0 Å². The van der Waals surface area contributed by atoms with Gasteiger partial charge in [0.2, 0.25) is 5.91 Å². The first kappa shape index (κ1) is 17.4. The standard InChI is InChI=1S/C20H24FN3O/c21-17-7-5-16(6-8-17)19(24-11-1-2-12-24)14-23-20(25)13-15-3-9-18(22)10-4-15/h3-10,19H,1-2,11-14,22H2,(H,23,25). The minimum absolute atomic E-state index is 0.0175. The summed E-state index contributed by atoms with van der Waals surface area (Å²) in [4.78, 5) is 14.6. The highest BCUT2D eigenvalue weighted by Gasteiger charge is 2.24. The Morgan fingerprint density at radius 2 is 1.72 bits per heavy atom. The lowest BCUT2D eigenvalue weighted by Crippen LogP contribution is -2.37. The summed E-state index contributed by atoms with van der Waals surface area (Å²) >= 11 is 0. The number of benzene rings is 2. The van der Waals surface area contributed by atoms with Crippen LogP contribution in [0.4, 0.5) is 10.1 Å². The molecule has 1 amide bonds. The van der Waals surface area contributed by atoms with Gasteiger partial charge in [-0.25, -0.2) is 4.39 Å². The third-order valence-electron chi connectivity index (χ3n) is 4.67. The molecule has 132 valence electrons. The third kappa shape index (κ3) is 4.79. The Balaban J connectivity index is 1.62. The molecule has 0 aromatic heterocycles. The van der Waals surface area contributed by atoms with E-state index in [1.54, 1.807) is 12.1 Å². The number of nitrogens with two attached hydrogens (primary N) is 1. The number of anilines is 1. The van der Waals surface area contributed by atoms with Crippen LogP contribution in [0.2, 0.25) is 0 Å². The van der Waals surface area contributed by atoms with E-state index in [9.17, 15) is 9.18 Å². The third-order valence-corrected chi connectivity index (χ3v) is 4.67. The first-order valence-electron chi connectivity index (χ1n) is 8.72. The van der Waals surface area contributed by atoms with Crippen LogP contribution in [0, 0.1) is 5.82 Å². The molecule has 1 aliphatic heterocycles. The van der Waals surface area contributed by atoms with E-state index in [2.05, 4.69) is 10.2 Å². The van der Waals surface area contributed by atoms with E-state index in [0.29, 0.717) is 18.7 Å². The zero-order valence-electron chi connectivity index (χ0n) is 14.2. The molecule has 0 aliphatic carbocycles. The highest BCUT2D eigenvalue weighted by molar-refractivity contribution is 5.78. The molecule has 1 saturated heterocycles. The lowest BCUT2D eigenvalue weighted by atomic mass is 10.0. The second-order valence-electron chi connectivity index (χ2n) is 6.53. The molecule has 0 saturated carbocycles. The molecule has 3 N–H and O–H groups in total. The maximum absolute atomic E-state index is 13.2. The first-order chi connectivity index (χ1) is 12.1. The highest BCUT2D eigenvalue weighted by atomic mass is 19.1. The van der Waals surface area contributed by atoms with Crippen molar-refractivity contribution in [3.05, 3.63) is 65.5 Å². The average Bonchev–Trinajstić information content (AvgIpc) is 3.13. The number of carbonyl (C=O) groups excluding carboxylic acids is 1. The fourth-order valence-electron chi connectivity index (χ4n) is 3.29. The molecular weight excluding hydrogens is 317 g/mol. The van der Waals surface area contributed by atoms with Crippen LogP contribution in [0.3, 0.4) is 0 Å². The summed E-state index contributed by atoms with van der Waals surface area (Å²) in [6.45, 7) is 2.55. The molecule has 1 heterocycles. The maximum atomic E-state index is 13.2. The molecule has 3 rings (SSSR count). The summed E-state index contributed by atoms with van der Waals surface area (Å²) in [7, 11) is 0. The van der Waals surface area contributed by atoms with Crippen molar-refractivity contribution in [3.63, 3.8) is 0 Å². The van der Waals surface area contributed by atoms with Crippen LogP contribution in [-0.4, -0.2) is 30.4 Å². The average molecular weight is 341 g/mol. The van der Waals surface area contributed by atoms with Crippen molar-refractivity contribution in [1.29, 1.82) is 0 Å². The monoisotopic (exact) mass is 341 g/mol. The molecule has 0 spiro atoms. The van der Waals surface area contributed by atoms with E-state index < -0.39 is 0 Å². The van der Waals surface area contributed by atoms with Gasteiger partial charge in [-0.2, -0.15) is 0 Å². The van der Waals surface area contributed by atoms with Gasteiger partial charge in [-0.15, -0.1) is 0 Å². The predicted octanol–water partition coefficient (Wildman–Crippen LogP) is 2.90. The minimum atomic E-state index is -0.240. The van der Waals surface area contributed by atoms with E-state index in [4.69, 9.17) is 5.73 Å². The van der Waals surface area contributed by atoms with Crippen LogP contribution in [-0.2, 0) is 11.2 Å². The predicted molar refractivity (Wildman–Crippen MR) is 97.5 cm³/mol. The largest absolute Gasteiger partial charge is 0.399 e. The normalized spacial score (nSPS) is 15.9. The molecule has 1 aliphatic rings. The van der Waals surface area contributed by atoms with Gasteiger partial charge in [-0.05, 0) is 61.3 Å². The second kappa shape index (κ2) is 8.12. The van der Waals surface area contributed by atoms with Gasteiger partial charge in [-0.1, -0.05) is 24.3 Å². The Bertz CT molecular complexity index is 694. The minimum Gasteiger partial charge on any atom is -0.399 e. The molecule has 0 radical (unpaired) electrons. The summed E-state index contributed by atoms with van der Waals surface area (Å²) in [5, 5.41) is 3.03. The van der Waals surface area contributed by atoms with Gasteiger partial charge >= 0.3 is 0 Å². The van der Waals surface area contributed by atoms with Gasteiger partial charge in [0.25, 0.3) is 0 Å². The van der Waals surface area contributed by atoms with Gasteiger partial charge in [0, 0.05) is 12.2 Å². The Morgan fingerprint density at radius 3 is 2.36 bits per heavy atom. The topological polar surface area (TPSA) is 58.4 Å². The van der Waals surface area contributed by atoms with Gasteiger partial charge in [0.15, 0.2) is 0 Å². The Hall–Kier alpha value is -2.40. The van der Waals surface area contributed by atoms with Crippen LogP contribution in [0.15, 0.2) is 48.5 Å². The van der Waals surface area contributed by atoms with Crippen LogP contribution in [0.5, 0.6) is 0 Å². The number of rotatable bonds is 6. The van der Waals surface area contributed by atoms with Crippen LogP contribution in [0.1, 0.15) is 30.0 Å². The van der Waals surface area contributed by atoms with Crippen molar-refractivity contribution >= 4 is 11.6 Å². The number of nitrogen functional groups attached to an aromatic ring is 1. The van der Waals surface area contributed by atoms with Crippen LogP contribution < -0.4 is 11.1 Å². The number of halogens is 1. The quantitative estimate of drug-likeness (QED) is 0.794. The SMILES string of the molecule is Nc1ccc(CC(=O)NCC(c2ccc(F)cc2)N2CCCC2)cc1. The molecule has 2 aromatic carbocycles. The fourth-order valence-corrected chi connectivity index (χ4v) is 3.29. The number of hydrogen-bond acceptors (Lipinski definition) is 3. The van der Waals surface area contributed by atoms with Crippen molar-refractivity contribution < 1.29 is 9.18 Å². The Morgan fingerprint density at radius 1 is 1.08 bits per heavy atom. The van der Waals surface area contributed by atoms with Gasteiger partial charge in [-0.3, -0.25) is 9.69 Å². The smallest absolute Gasteiger partial charge is 0.224 e. The molecule has 4 nitrogen and oxygen atoms in total. The number of nitrogens with zero attached hydrogens (tertiary/aromatic N) is 1. The summed E-state index contributed by atoms with van der Waals surface area (Å²) < 4.78 is 13.2. The highest BCUT2D eigenvalue weighted by Crippen LogP contribution is 2.24. The zero-order chi connectivity index (χ0) is 17.6.